The predicted molar refractivity (Wildman–Crippen MR) is 110 cm³/mol. The molecule has 0 radical (unpaired) electrons. The van der Waals surface area contributed by atoms with Crippen LogP contribution in [0.2, 0.25) is 0 Å². The van der Waals surface area contributed by atoms with Crippen LogP contribution in [0.15, 0.2) is 12.1 Å². The van der Waals surface area contributed by atoms with Crippen LogP contribution in [0.1, 0.15) is 34.0 Å². The predicted octanol–water partition coefficient (Wildman–Crippen LogP) is 2.18. The van der Waals surface area contributed by atoms with E-state index in [4.69, 9.17) is 10.4 Å². The van der Waals surface area contributed by atoms with Crippen LogP contribution in [0.25, 0.3) is 0 Å². The summed E-state index contributed by atoms with van der Waals surface area (Å²) in [6, 6.07) is 1.09. The number of imidazole rings is 1. The summed E-state index contributed by atoms with van der Waals surface area (Å²) in [4.78, 5) is 40.8. The van der Waals surface area contributed by atoms with Gasteiger partial charge in [0.1, 0.15) is 12.4 Å². The number of halogens is 6. The molecule has 2 heterocycles. The fourth-order valence-electron chi connectivity index (χ4n) is 3.86. The van der Waals surface area contributed by atoms with Gasteiger partial charge in [0.25, 0.3) is 5.91 Å². The summed E-state index contributed by atoms with van der Waals surface area (Å²) >= 11 is 0. The number of carbonyl (C=O) groups excluding carboxylic acids is 2. The third kappa shape index (κ3) is 6.29. The molecule has 16 heteroatoms. The largest absolute Gasteiger partial charge is 0.465 e. The Morgan fingerprint density at radius 3 is 2.43 bits per heavy atom. The van der Waals surface area contributed by atoms with Crippen LogP contribution in [0, 0.1) is 28.8 Å². The van der Waals surface area contributed by atoms with Gasteiger partial charge in [0.2, 0.25) is 11.7 Å². The number of amides is 3. The zero-order valence-corrected chi connectivity index (χ0v) is 18.7. The zero-order valence-electron chi connectivity index (χ0n) is 18.7. The number of nitrogens with one attached hydrogen (secondary N) is 2. The molecule has 1 aromatic heterocycles. The van der Waals surface area contributed by atoms with Crippen LogP contribution >= 0.6 is 0 Å². The third-order valence-corrected chi connectivity index (χ3v) is 5.46. The molecule has 3 rings (SSSR count). The summed E-state index contributed by atoms with van der Waals surface area (Å²) in [7, 11) is 0. The van der Waals surface area contributed by atoms with Gasteiger partial charge in [-0.3, -0.25) is 9.59 Å². The minimum Gasteiger partial charge on any atom is -0.465 e. The van der Waals surface area contributed by atoms with Crippen LogP contribution in [0.4, 0.5) is 31.1 Å². The van der Waals surface area contributed by atoms with Crippen molar-refractivity contribution in [3.63, 3.8) is 0 Å². The van der Waals surface area contributed by atoms with Crippen molar-refractivity contribution in [1.82, 2.24) is 25.1 Å². The third-order valence-electron chi connectivity index (χ3n) is 5.46. The minimum atomic E-state index is -4.92. The lowest BCUT2D eigenvalue weighted by atomic mass is 10.0. The van der Waals surface area contributed by atoms with Gasteiger partial charge in [-0.2, -0.15) is 18.4 Å². The first-order chi connectivity index (χ1) is 17.3. The van der Waals surface area contributed by atoms with Crippen molar-refractivity contribution in [3.05, 3.63) is 52.4 Å². The van der Waals surface area contributed by atoms with Crippen LogP contribution in [-0.4, -0.2) is 56.6 Å². The maximum absolute atomic E-state index is 14.1. The maximum Gasteiger partial charge on any atom is 0.449 e. The van der Waals surface area contributed by atoms with Gasteiger partial charge in [-0.05, 0) is 18.1 Å². The van der Waals surface area contributed by atoms with Crippen molar-refractivity contribution in [3.8, 4) is 6.07 Å². The highest BCUT2D eigenvalue weighted by Crippen LogP contribution is 2.32. The van der Waals surface area contributed by atoms with E-state index in [0.29, 0.717) is 6.07 Å². The summed E-state index contributed by atoms with van der Waals surface area (Å²) in [6.45, 7) is -1.66. The normalized spacial score (nSPS) is 13.9. The zero-order chi connectivity index (χ0) is 27.5. The lowest BCUT2D eigenvalue weighted by Gasteiger charge is -2.31. The second-order valence-corrected chi connectivity index (χ2v) is 7.95. The molecule has 10 nitrogen and oxygen atoms in total. The van der Waals surface area contributed by atoms with Crippen LogP contribution in [0.5, 0.6) is 0 Å². The van der Waals surface area contributed by atoms with E-state index in [1.807, 2.05) is 5.32 Å². The van der Waals surface area contributed by atoms with Crippen molar-refractivity contribution >= 4 is 17.9 Å². The molecule has 1 aromatic carbocycles. The fraction of sp³-hybridized carbons (Fsp3) is 0.381. The number of carbonyl (C=O) groups is 3. The quantitative estimate of drug-likeness (QED) is 0.284. The molecule has 3 amide bonds. The van der Waals surface area contributed by atoms with Gasteiger partial charge in [-0.1, -0.05) is 0 Å². The number of hydrogen-bond donors (Lipinski definition) is 3. The molecular weight excluding hydrogens is 514 g/mol. The highest BCUT2D eigenvalue weighted by molar-refractivity contribution is 5.94. The van der Waals surface area contributed by atoms with E-state index in [2.05, 4.69) is 10.3 Å². The lowest BCUT2D eigenvalue weighted by Crippen LogP contribution is -2.44. The van der Waals surface area contributed by atoms with Crippen molar-refractivity contribution < 1.29 is 45.8 Å². The van der Waals surface area contributed by atoms with Crippen LogP contribution in [0.3, 0.4) is 0 Å². The highest BCUT2D eigenvalue weighted by Gasteiger charge is 2.41. The Morgan fingerprint density at radius 1 is 1.14 bits per heavy atom. The Balaban J connectivity index is 1.84. The highest BCUT2D eigenvalue weighted by atomic mass is 19.4. The monoisotopic (exact) mass is 532 g/mol. The Hall–Kier alpha value is -4.29. The van der Waals surface area contributed by atoms with E-state index in [9.17, 15) is 40.7 Å². The molecule has 1 atom stereocenters. The van der Waals surface area contributed by atoms with Crippen molar-refractivity contribution in [2.75, 3.05) is 13.1 Å². The molecule has 0 aliphatic carbocycles. The van der Waals surface area contributed by atoms with Gasteiger partial charge >= 0.3 is 12.3 Å². The average molecular weight is 532 g/mol. The first-order valence-corrected chi connectivity index (χ1v) is 10.5. The van der Waals surface area contributed by atoms with Gasteiger partial charge < -0.3 is 25.2 Å². The number of carboxylic acid groups (broad SMARTS) is 1. The second kappa shape index (κ2) is 10.8. The molecular formula is C21H18F6N6O4. The van der Waals surface area contributed by atoms with E-state index in [1.54, 1.807) is 6.07 Å². The Bertz CT molecular complexity index is 1270. The number of fused-ring (bicyclic) bond motifs is 1. The second-order valence-electron chi connectivity index (χ2n) is 7.95. The Labute approximate surface area is 204 Å². The molecule has 198 valence electrons. The molecule has 0 saturated heterocycles. The Morgan fingerprint density at radius 2 is 1.81 bits per heavy atom. The van der Waals surface area contributed by atoms with Crippen molar-refractivity contribution in [1.29, 1.82) is 5.26 Å². The maximum atomic E-state index is 14.1. The van der Waals surface area contributed by atoms with Crippen molar-refractivity contribution in [2.45, 2.75) is 38.1 Å². The topological polar surface area (TPSA) is 140 Å². The van der Waals surface area contributed by atoms with E-state index in [-0.39, 0.29) is 18.3 Å². The van der Waals surface area contributed by atoms with Gasteiger partial charge in [-0.15, -0.1) is 0 Å². The molecule has 0 fully saturated rings. The average Bonchev–Trinajstić information content (AvgIpc) is 3.20. The van der Waals surface area contributed by atoms with Crippen LogP contribution < -0.4 is 10.6 Å². The van der Waals surface area contributed by atoms with E-state index in [1.165, 1.54) is 0 Å². The standard InChI is InChI=1S/C21H18F6N6O4/c22-12-8-14(24)13(23)6-10(12)5-11(30-20(36)37)7-16(34)32-3-4-33-15(9-32)17(18(35)29-2-1-28)31-19(33)21(25,26)27/h6,8,11,30H,2-5,7,9H2,(H,29,35)(H,36,37)/t11-/m1/s1. The van der Waals surface area contributed by atoms with Gasteiger partial charge in [0.15, 0.2) is 17.3 Å². The van der Waals surface area contributed by atoms with Crippen LogP contribution in [-0.2, 0) is 30.5 Å². The molecule has 3 N–H and O–H groups in total. The van der Waals surface area contributed by atoms with E-state index >= 15 is 0 Å². The number of aromatic nitrogens is 2. The minimum absolute atomic E-state index is 0.253. The SMILES string of the molecule is N#CCNC(=O)c1nc(C(F)(F)F)n2c1CN(C(=O)C[C@@H](Cc1cc(F)c(F)cc1F)NC(=O)O)CC2. The van der Waals surface area contributed by atoms with E-state index in [0.717, 1.165) is 9.47 Å². The number of benzene rings is 1. The summed E-state index contributed by atoms with van der Waals surface area (Å²) in [5.41, 5.74) is -1.30. The smallest absolute Gasteiger partial charge is 0.449 e. The summed E-state index contributed by atoms with van der Waals surface area (Å²) in [6.07, 6.45) is -7.66. The summed E-state index contributed by atoms with van der Waals surface area (Å²) < 4.78 is 81.9. The molecule has 0 unspecified atom stereocenters. The summed E-state index contributed by atoms with van der Waals surface area (Å²) in [5.74, 6) is -7.21. The number of rotatable bonds is 7. The molecule has 37 heavy (non-hydrogen) atoms. The number of nitriles is 1. The molecule has 1 aliphatic heterocycles. The lowest BCUT2D eigenvalue weighted by molar-refractivity contribution is -0.148. The number of alkyl halides is 3. The van der Waals surface area contributed by atoms with Gasteiger partial charge in [0.05, 0.1) is 18.3 Å². The summed E-state index contributed by atoms with van der Waals surface area (Å²) in [5, 5.41) is 21.8. The Kier molecular flexibility index (Phi) is 7.94. The first-order valence-electron chi connectivity index (χ1n) is 10.5. The van der Waals surface area contributed by atoms with E-state index < -0.39 is 97.1 Å². The molecule has 2 aromatic rings. The van der Waals surface area contributed by atoms with Crippen molar-refractivity contribution in [2.24, 2.45) is 0 Å². The molecule has 1 aliphatic rings. The molecule has 0 bridgehead atoms. The molecule has 0 saturated carbocycles. The number of nitrogens with zero attached hydrogens (tertiary/aromatic N) is 4. The fourth-order valence-corrected chi connectivity index (χ4v) is 3.86. The number of hydrogen-bond acceptors (Lipinski definition) is 5. The first kappa shape index (κ1) is 27.3. The van der Waals surface area contributed by atoms with Gasteiger partial charge in [-0.25, -0.2) is 22.9 Å². The van der Waals surface area contributed by atoms with Gasteiger partial charge in [0, 0.05) is 31.6 Å². The molecule has 0 spiro atoms.